The second-order valence-electron chi connectivity index (χ2n) is 7.68. The number of thioether (sulfide) groups is 1. The molecule has 5 rings (SSSR count). The van der Waals surface area contributed by atoms with Crippen LogP contribution in [0.1, 0.15) is 24.4 Å². The molecule has 0 bridgehead atoms. The highest BCUT2D eigenvalue weighted by Gasteiger charge is 2.34. The lowest BCUT2D eigenvalue weighted by atomic mass is 10.0. The van der Waals surface area contributed by atoms with E-state index in [1.54, 1.807) is 7.11 Å². The lowest BCUT2D eigenvalue weighted by Crippen LogP contribution is -2.31. The van der Waals surface area contributed by atoms with Crippen LogP contribution < -0.4 is 19.5 Å². The van der Waals surface area contributed by atoms with Crippen LogP contribution in [0.3, 0.4) is 0 Å². The molecule has 166 valence electrons. The number of hydrogen-bond donors (Lipinski definition) is 1. The van der Waals surface area contributed by atoms with Gasteiger partial charge in [0.15, 0.2) is 11.5 Å². The first-order chi connectivity index (χ1) is 15.7. The molecule has 2 heterocycles. The zero-order chi connectivity index (χ0) is 21.9. The molecule has 32 heavy (non-hydrogen) atoms. The Hall–Kier alpha value is -3.20. The summed E-state index contributed by atoms with van der Waals surface area (Å²) in [5, 5.41) is 11.6. The zero-order valence-corrected chi connectivity index (χ0v) is 18.4. The van der Waals surface area contributed by atoms with E-state index >= 15 is 0 Å². The second kappa shape index (κ2) is 9.12. The molecule has 1 atom stereocenters. The highest BCUT2D eigenvalue weighted by Crippen LogP contribution is 2.43. The van der Waals surface area contributed by atoms with Crippen LogP contribution in [0.5, 0.6) is 17.2 Å². The van der Waals surface area contributed by atoms with Gasteiger partial charge in [0.05, 0.1) is 18.9 Å². The Kier molecular flexibility index (Phi) is 5.89. The van der Waals surface area contributed by atoms with Crippen LogP contribution >= 0.6 is 11.8 Å². The standard InChI is InChI=1S/C23H23N3O5S/c1-28-17-7-4-15(5-8-17)22-25-26-23(31-22)32-13-20(27)24-21(14-2-3-14)16-6-9-18-19(12-16)30-11-10-29-18/h4-9,12,14,21H,2-3,10-11,13H2,1H3,(H,24,27). The molecule has 0 radical (unpaired) electrons. The SMILES string of the molecule is COc1ccc(-c2nnc(SCC(=O)NC(c3ccc4c(c3)OCCO4)C3CC3)o2)cc1. The van der Waals surface area contributed by atoms with Crippen LogP contribution in [0.15, 0.2) is 52.1 Å². The van der Waals surface area contributed by atoms with E-state index in [0.29, 0.717) is 30.2 Å². The van der Waals surface area contributed by atoms with Crippen molar-refractivity contribution in [1.29, 1.82) is 0 Å². The Morgan fingerprint density at radius 2 is 1.91 bits per heavy atom. The maximum atomic E-state index is 12.7. The monoisotopic (exact) mass is 453 g/mol. The maximum absolute atomic E-state index is 12.7. The van der Waals surface area contributed by atoms with Crippen molar-refractivity contribution in [2.75, 3.05) is 26.1 Å². The molecule has 0 saturated heterocycles. The molecule has 9 heteroatoms. The minimum absolute atomic E-state index is 0.0449. The number of benzene rings is 2. The first-order valence-corrected chi connectivity index (χ1v) is 11.5. The summed E-state index contributed by atoms with van der Waals surface area (Å²) in [6, 6.07) is 13.2. The van der Waals surface area contributed by atoms with Gasteiger partial charge >= 0.3 is 0 Å². The number of carbonyl (C=O) groups is 1. The summed E-state index contributed by atoms with van der Waals surface area (Å²) < 4.78 is 22.2. The number of ether oxygens (including phenoxy) is 3. The van der Waals surface area contributed by atoms with Crippen LogP contribution in [0, 0.1) is 5.92 Å². The van der Waals surface area contributed by atoms with Gasteiger partial charge in [-0.1, -0.05) is 17.8 Å². The minimum Gasteiger partial charge on any atom is -0.497 e. The number of nitrogens with one attached hydrogen (secondary N) is 1. The highest BCUT2D eigenvalue weighted by molar-refractivity contribution is 7.99. The van der Waals surface area contributed by atoms with Crippen molar-refractivity contribution in [2.45, 2.75) is 24.1 Å². The third-order valence-corrected chi connectivity index (χ3v) is 6.22. The molecule has 1 aromatic heterocycles. The van der Waals surface area contributed by atoms with Crippen LogP contribution in [-0.4, -0.2) is 42.2 Å². The van der Waals surface area contributed by atoms with Crippen molar-refractivity contribution in [2.24, 2.45) is 5.92 Å². The molecular weight excluding hydrogens is 430 g/mol. The van der Waals surface area contributed by atoms with Gasteiger partial charge in [-0.15, -0.1) is 10.2 Å². The smallest absolute Gasteiger partial charge is 0.277 e. The number of carbonyl (C=O) groups excluding carboxylic acids is 1. The molecule has 1 N–H and O–H groups in total. The molecule has 1 unspecified atom stereocenters. The van der Waals surface area contributed by atoms with E-state index in [0.717, 1.165) is 41.2 Å². The van der Waals surface area contributed by atoms with Gasteiger partial charge in [-0.2, -0.15) is 0 Å². The average Bonchev–Trinajstić information content (AvgIpc) is 3.57. The Bertz CT molecular complexity index is 1100. The molecule has 8 nitrogen and oxygen atoms in total. The lowest BCUT2D eigenvalue weighted by molar-refractivity contribution is -0.119. The summed E-state index contributed by atoms with van der Waals surface area (Å²) in [6.45, 7) is 1.10. The molecule has 3 aromatic rings. The third-order valence-electron chi connectivity index (χ3n) is 5.41. The normalized spacial score (nSPS) is 15.8. The summed E-state index contributed by atoms with van der Waals surface area (Å²) in [5.41, 5.74) is 1.83. The third kappa shape index (κ3) is 4.67. The maximum Gasteiger partial charge on any atom is 0.277 e. The number of fused-ring (bicyclic) bond motifs is 1. The van der Waals surface area contributed by atoms with E-state index in [4.69, 9.17) is 18.6 Å². The van der Waals surface area contributed by atoms with E-state index in [-0.39, 0.29) is 17.7 Å². The van der Waals surface area contributed by atoms with Crippen molar-refractivity contribution < 1.29 is 23.4 Å². The van der Waals surface area contributed by atoms with Crippen molar-refractivity contribution in [3.8, 4) is 28.7 Å². The summed E-state index contributed by atoms with van der Waals surface area (Å²) in [4.78, 5) is 12.7. The van der Waals surface area contributed by atoms with E-state index in [9.17, 15) is 4.79 Å². The van der Waals surface area contributed by atoms with E-state index in [2.05, 4.69) is 15.5 Å². The fourth-order valence-electron chi connectivity index (χ4n) is 3.62. The lowest BCUT2D eigenvalue weighted by Gasteiger charge is -2.23. The molecule has 1 aliphatic heterocycles. The van der Waals surface area contributed by atoms with Gasteiger partial charge in [-0.05, 0) is 60.7 Å². The zero-order valence-electron chi connectivity index (χ0n) is 17.6. The van der Waals surface area contributed by atoms with Crippen molar-refractivity contribution >= 4 is 17.7 Å². The van der Waals surface area contributed by atoms with Crippen LogP contribution in [-0.2, 0) is 4.79 Å². The summed E-state index contributed by atoms with van der Waals surface area (Å²) in [7, 11) is 1.61. The fraction of sp³-hybridized carbons (Fsp3) is 0.348. The van der Waals surface area contributed by atoms with E-state index in [1.807, 2.05) is 42.5 Å². The molecule has 1 amide bonds. The van der Waals surface area contributed by atoms with Crippen LogP contribution in [0.2, 0.25) is 0 Å². The van der Waals surface area contributed by atoms with E-state index < -0.39 is 0 Å². The first kappa shape index (κ1) is 20.7. The van der Waals surface area contributed by atoms with Crippen molar-refractivity contribution in [3.05, 3.63) is 48.0 Å². The van der Waals surface area contributed by atoms with Gasteiger partial charge < -0.3 is 23.9 Å². The highest BCUT2D eigenvalue weighted by atomic mass is 32.2. The van der Waals surface area contributed by atoms with Gasteiger partial charge in [-0.3, -0.25) is 4.79 Å². The predicted octanol–water partition coefficient (Wildman–Crippen LogP) is 3.88. The minimum atomic E-state index is -0.0778. The topological polar surface area (TPSA) is 95.7 Å². The Labute approximate surface area is 189 Å². The van der Waals surface area contributed by atoms with E-state index in [1.165, 1.54) is 11.8 Å². The first-order valence-electron chi connectivity index (χ1n) is 10.5. The summed E-state index contributed by atoms with van der Waals surface area (Å²) in [6.07, 6.45) is 2.20. The van der Waals surface area contributed by atoms with Gasteiger partial charge in [0, 0.05) is 5.56 Å². The number of rotatable bonds is 8. The molecular formula is C23H23N3O5S. The molecule has 1 saturated carbocycles. The van der Waals surface area contributed by atoms with Crippen LogP contribution in [0.4, 0.5) is 0 Å². The molecule has 1 fully saturated rings. The molecule has 2 aromatic carbocycles. The Balaban J connectivity index is 1.20. The average molecular weight is 454 g/mol. The fourth-order valence-corrected chi connectivity index (χ4v) is 4.19. The predicted molar refractivity (Wildman–Crippen MR) is 118 cm³/mol. The number of nitrogens with zero attached hydrogens (tertiary/aromatic N) is 2. The number of aromatic nitrogens is 2. The van der Waals surface area contributed by atoms with Gasteiger partial charge in [-0.25, -0.2) is 0 Å². The number of methoxy groups -OCH3 is 1. The number of hydrogen-bond acceptors (Lipinski definition) is 8. The van der Waals surface area contributed by atoms with Crippen LogP contribution in [0.25, 0.3) is 11.5 Å². The Morgan fingerprint density at radius 3 is 2.66 bits per heavy atom. The van der Waals surface area contributed by atoms with Crippen molar-refractivity contribution in [3.63, 3.8) is 0 Å². The molecule has 1 aliphatic carbocycles. The Morgan fingerprint density at radius 1 is 1.12 bits per heavy atom. The quantitative estimate of drug-likeness (QED) is 0.514. The van der Waals surface area contributed by atoms with Gasteiger partial charge in [0.25, 0.3) is 5.22 Å². The van der Waals surface area contributed by atoms with Gasteiger partial charge in [0.2, 0.25) is 11.8 Å². The van der Waals surface area contributed by atoms with Crippen molar-refractivity contribution in [1.82, 2.24) is 15.5 Å². The largest absolute Gasteiger partial charge is 0.497 e. The summed E-state index contributed by atoms with van der Waals surface area (Å²) >= 11 is 1.22. The van der Waals surface area contributed by atoms with Gasteiger partial charge in [0.1, 0.15) is 19.0 Å². The second-order valence-corrected chi connectivity index (χ2v) is 8.60. The molecule has 0 spiro atoms. The number of amides is 1. The molecule has 2 aliphatic rings. The summed E-state index contributed by atoms with van der Waals surface area (Å²) in [5.74, 6) is 3.20.